The molecule has 3 rings (SSSR count). The molecule has 1 amide bonds. The first-order valence-electron chi connectivity index (χ1n) is 9.12. The number of amides is 1. The van der Waals surface area contributed by atoms with Gasteiger partial charge in [0.2, 0.25) is 16.8 Å². The van der Waals surface area contributed by atoms with Gasteiger partial charge in [-0.25, -0.2) is 8.42 Å². The van der Waals surface area contributed by atoms with Crippen molar-refractivity contribution >= 4 is 21.9 Å². The molecule has 0 atom stereocenters. The lowest BCUT2D eigenvalue weighted by Crippen LogP contribution is -2.33. The van der Waals surface area contributed by atoms with E-state index in [1.165, 1.54) is 12.1 Å². The third-order valence-corrected chi connectivity index (χ3v) is 5.89. The lowest BCUT2D eigenvalue weighted by molar-refractivity contribution is -0.147. The topological polar surface area (TPSA) is 120 Å². The van der Waals surface area contributed by atoms with Crippen LogP contribution in [-0.2, 0) is 30.9 Å². The van der Waals surface area contributed by atoms with Crippen LogP contribution in [0.5, 0.6) is 11.5 Å². The quantitative estimate of drug-likeness (QED) is 0.599. The molecule has 0 saturated carbocycles. The van der Waals surface area contributed by atoms with E-state index in [4.69, 9.17) is 14.2 Å². The molecule has 0 unspecified atom stereocenters. The molecule has 2 aromatic rings. The largest absolute Gasteiger partial charge is 0.455 e. The van der Waals surface area contributed by atoms with Crippen molar-refractivity contribution in [2.24, 2.45) is 0 Å². The monoisotopic (exact) mass is 434 g/mol. The SMILES string of the molecule is Cc1ccc(S(=O)(=O)NCC(=O)OCC(=O)NCc2ccc3c(c2)OCO3)cc1C. The van der Waals surface area contributed by atoms with Crippen molar-refractivity contribution in [3.05, 3.63) is 53.1 Å². The van der Waals surface area contributed by atoms with Crippen molar-refractivity contribution in [2.75, 3.05) is 19.9 Å². The molecule has 1 heterocycles. The van der Waals surface area contributed by atoms with Gasteiger partial charge in [0.25, 0.3) is 5.91 Å². The van der Waals surface area contributed by atoms with Gasteiger partial charge >= 0.3 is 5.97 Å². The van der Waals surface area contributed by atoms with Gasteiger partial charge in [-0.05, 0) is 54.8 Å². The highest BCUT2D eigenvalue weighted by atomic mass is 32.2. The molecule has 0 aromatic heterocycles. The predicted octanol–water partition coefficient (Wildman–Crippen LogP) is 1.17. The van der Waals surface area contributed by atoms with E-state index in [0.717, 1.165) is 16.7 Å². The minimum absolute atomic E-state index is 0.0554. The van der Waals surface area contributed by atoms with Crippen molar-refractivity contribution in [1.82, 2.24) is 10.0 Å². The highest BCUT2D eigenvalue weighted by Crippen LogP contribution is 2.32. The maximum atomic E-state index is 12.3. The summed E-state index contributed by atoms with van der Waals surface area (Å²) in [5.74, 6) is -0.134. The number of rotatable bonds is 8. The Morgan fingerprint density at radius 2 is 1.80 bits per heavy atom. The fourth-order valence-corrected chi connectivity index (χ4v) is 3.67. The Hall–Kier alpha value is -3.11. The Labute approximate surface area is 174 Å². The summed E-state index contributed by atoms with van der Waals surface area (Å²) in [6.07, 6.45) is 0. The number of carbonyl (C=O) groups is 2. The van der Waals surface area contributed by atoms with Gasteiger partial charge in [-0.1, -0.05) is 12.1 Å². The molecule has 30 heavy (non-hydrogen) atoms. The van der Waals surface area contributed by atoms with Gasteiger partial charge in [0.05, 0.1) is 4.90 Å². The summed E-state index contributed by atoms with van der Waals surface area (Å²) in [5.41, 5.74) is 2.57. The zero-order valence-electron chi connectivity index (χ0n) is 16.6. The molecule has 0 radical (unpaired) electrons. The van der Waals surface area contributed by atoms with E-state index in [0.29, 0.717) is 11.5 Å². The van der Waals surface area contributed by atoms with E-state index in [2.05, 4.69) is 10.0 Å². The number of esters is 1. The summed E-state index contributed by atoms with van der Waals surface area (Å²) in [6, 6.07) is 9.93. The zero-order valence-corrected chi connectivity index (χ0v) is 17.4. The smallest absolute Gasteiger partial charge is 0.321 e. The maximum absolute atomic E-state index is 12.3. The van der Waals surface area contributed by atoms with Gasteiger partial charge in [-0.2, -0.15) is 4.72 Å². The number of nitrogens with one attached hydrogen (secondary N) is 2. The highest BCUT2D eigenvalue weighted by Gasteiger charge is 2.17. The molecular weight excluding hydrogens is 412 g/mol. The number of sulfonamides is 1. The Balaban J connectivity index is 1.41. The molecule has 1 aliphatic rings. The first-order chi connectivity index (χ1) is 14.2. The number of carbonyl (C=O) groups excluding carboxylic acids is 2. The summed E-state index contributed by atoms with van der Waals surface area (Å²) in [7, 11) is -3.86. The van der Waals surface area contributed by atoms with Crippen molar-refractivity contribution in [1.29, 1.82) is 0 Å². The van der Waals surface area contributed by atoms with Crippen LogP contribution in [0.4, 0.5) is 0 Å². The maximum Gasteiger partial charge on any atom is 0.321 e. The van der Waals surface area contributed by atoms with Gasteiger partial charge in [0.15, 0.2) is 18.1 Å². The van der Waals surface area contributed by atoms with Crippen LogP contribution in [0.15, 0.2) is 41.3 Å². The summed E-state index contributed by atoms with van der Waals surface area (Å²) in [6.45, 7) is 2.94. The first kappa shape index (κ1) is 21.6. The minimum Gasteiger partial charge on any atom is -0.455 e. The van der Waals surface area contributed by atoms with E-state index >= 15 is 0 Å². The molecule has 0 bridgehead atoms. The molecule has 2 aromatic carbocycles. The number of fused-ring (bicyclic) bond motifs is 1. The van der Waals surface area contributed by atoms with Crippen LogP contribution in [0.2, 0.25) is 0 Å². The molecule has 9 nitrogen and oxygen atoms in total. The van der Waals surface area contributed by atoms with Crippen LogP contribution in [0, 0.1) is 13.8 Å². The third-order valence-electron chi connectivity index (χ3n) is 4.49. The molecular formula is C20H22N2O7S. The first-order valence-corrected chi connectivity index (χ1v) is 10.6. The minimum atomic E-state index is -3.86. The van der Waals surface area contributed by atoms with Gasteiger partial charge < -0.3 is 19.5 Å². The van der Waals surface area contributed by atoms with Crippen LogP contribution in [-0.4, -0.2) is 40.2 Å². The van der Waals surface area contributed by atoms with Gasteiger partial charge in [0.1, 0.15) is 6.54 Å². The van der Waals surface area contributed by atoms with E-state index < -0.39 is 35.1 Å². The van der Waals surface area contributed by atoms with Crippen molar-refractivity contribution in [3.8, 4) is 11.5 Å². The number of aryl methyl sites for hydroxylation is 2. The summed E-state index contributed by atoms with van der Waals surface area (Å²) in [4.78, 5) is 23.7. The highest BCUT2D eigenvalue weighted by molar-refractivity contribution is 7.89. The average Bonchev–Trinajstić information content (AvgIpc) is 3.19. The lowest BCUT2D eigenvalue weighted by atomic mass is 10.1. The number of benzene rings is 2. The van der Waals surface area contributed by atoms with E-state index in [9.17, 15) is 18.0 Å². The van der Waals surface area contributed by atoms with Crippen LogP contribution in [0.25, 0.3) is 0 Å². The average molecular weight is 434 g/mol. The molecule has 1 aliphatic heterocycles. The molecule has 0 saturated heterocycles. The molecule has 0 fully saturated rings. The fourth-order valence-electron chi connectivity index (χ4n) is 2.62. The van der Waals surface area contributed by atoms with Crippen molar-refractivity contribution < 1.29 is 32.2 Å². The van der Waals surface area contributed by atoms with Gasteiger partial charge in [-0.3, -0.25) is 9.59 Å². The van der Waals surface area contributed by atoms with Gasteiger partial charge in [0, 0.05) is 6.54 Å². The van der Waals surface area contributed by atoms with E-state index in [1.54, 1.807) is 31.2 Å². The van der Waals surface area contributed by atoms with Gasteiger partial charge in [-0.15, -0.1) is 0 Å². The van der Waals surface area contributed by atoms with Crippen LogP contribution < -0.4 is 19.5 Å². The number of hydrogen-bond donors (Lipinski definition) is 2. The Morgan fingerprint density at radius 1 is 1.03 bits per heavy atom. The summed E-state index contributed by atoms with van der Waals surface area (Å²) >= 11 is 0. The predicted molar refractivity (Wildman–Crippen MR) is 106 cm³/mol. The zero-order chi connectivity index (χ0) is 21.7. The molecule has 0 aliphatic carbocycles. The second kappa shape index (κ2) is 9.14. The Morgan fingerprint density at radius 3 is 2.57 bits per heavy atom. The second-order valence-electron chi connectivity index (χ2n) is 6.70. The third kappa shape index (κ3) is 5.49. The van der Waals surface area contributed by atoms with Crippen molar-refractivity contribution in [2.45, 2.75) is 25.3 Å². The van der Waals surface area contributed by atoms with E-state index in [-0.39, 0.29) is 18.2 Å². The summed E-state index contributed by atoms with van der Waals surface area (Å²) in [5, 5.41) is 2.60. The van der Waals surface area contributed by atoms with Crippen molar-refractivity contribution in [3.63, 3.8) is 0 Å². The molecule has 10 heteroatoms. The van der Waals surface area contributed by atoms with Crippen LogP contribution in [0.3, 0.4) is 0 Å². The molecule has 0 spiro atoms. The number of ether oxygens (including phenoxy) is 3. The molecule has 160 valence electrons. The van der Waals surface area contributed by atoms with Crippen LogP contribution in [0.1, 0.15) is 16.7 Å². The fraction of sp³-hybridized carbons (Fsp3) is 0.300. The summed E-state index contributed by atoms with van der Waals surface area (Å²) < 4.78 is 42.0. The lowest BCUT2D eigenvalue weighted by Gasteiger charge is -2.09. The standard InChI is InChI=1S/C20H22N2O7S/c1-13-3-5-16(7-14(13)2)30(25,26)22-10-20(24)27-11-19(23)21-9-15-4-6-17-18(8-15)29-12-28-17/h3-8,22H,9-12H2,1-2H3,(H,21,23). The van der Waals surface area contributed by atoms with Crippen LogP contribution >= 0.6 is 0 Å². The Bertz CT molecular complexity index is 1070. The molecule has 2 N–H and O–H groups in total. The Kier molecular flexibility index (Phi) is 6.58. The number of hydrogen-bond acceptors (Lipinski definition) is 7. The normalized spacial score (nSPS) is 12.5. The second-order valence-corrected chi connectivity index (χ2v) is 8.46. The van der Waals surface area contributed by atoms with E-state index in [1.807, 2.05) is 6.92 Å².